The van der Waals surface area contributed by atoms with Gasteiger partial charge in [0.25, 0.3) is 0 Å². The second-order valence-electron chi connectivity index (χ2n) is 3.42. The van der Waals surface area contributed by atoms with Crippen LogP contribution in [-0.4, -0.2) is 32.1 Å². The molecule has 2 aliphatic heterocycles. The maximum absolute atomic E-state index is 4.50. The van der Waals surface area contributed by atoms with Crippen molar-refractivity contribution in [1.82, 2.24) is 4.90 Å². The van der Waals surface area contributed by atoms with Crippen molar-refractivity contribution in [2.24, 2.45) is 17.6 Å². The largest absolute Gasteiger partial charge is 0.333 e. The number of hydrogen-bond acceptors (Lipinski definition) is 2. The molecule has 0 aromatic carbocycles. The minimum atomic E-state index is 0. The lowest BCUT2D eigenvalue weighted by Gasteiger charge is -2.45. The smallest absolute Gasteiger partial charge is 0.000694 e. The van der Waals surface area contributed by atoms with E-state index >= 15 is 0 Å². The van der Waals surface area contributed by atoms with Gasteiger partial charge in [-0.3, -0.25) is 0 Å². The Kier molecular flexibility index (Phi) is 27.0. The fourth-order valence-electron chi connectivity index (χ4n) is 2.13. The molecule has 104 valence electrons. The third kappa shape index (κ3) is 9.17. The number of piperidine rings is 2. The summed E-state index contributed by atoms with van der Waals surface area (Å²) >= 11 is 0. The Morgan fingerprint density at radius 1 is 0.812 bits per heavy atom. The summed E-state index contributed by atoms with van der Waals surface area (Å²) < 4.78 is 0. The van der Waals surface area contributed by atoms with E-state index in [0.717, 1.165) is 11.8 Å². The Labute approximate surface area is 106 Å². The molecule has 0 radical (unpaired) electrons. The van der Waals surface area contributed by atoms with Crippen LogP contribution in [0.4, 0.5) is 0 Å². The highest BCUT2D eigenvalue weighted by molar-refractivity contribution is 4.87. The molecule has 2 nitrogen and oxygen atoms in total. The van der Waals surface area contributed by atoms with Gasteiger partial charge in [0.15, 0.2) is 0 Å². The normalized spacial score (nSPS) is 24.2. The second kappa shape index (κ2) is 17.3. The molecule has 2 bridgehead atoms. The average molecular weight is 234 g/mol. The van der Waals surface area contributed by atoms with Gasteiger partial charge >= 0.3 is 0 Å². The predicted octanol–water partition coefficient (Wildman–Crippen LogP) is 3.86. The Morgan fingerprint density at radius 3 is 1.19 bits per heavy atom. The number of nitrogens with zero attached hydrogens (tertiary/aromatic N) is 1. The van der Waals surface area contributed by atoms with Gasteiger partial charge in [0, 0.05) is 13.1 Å². The van der Waals surface area contributed by atoms with Crippen LogP contribution in [0.1, 0.15) is 55.4 Å². The second-order valence-corrected chi connectivity index (χ2v) is 3.42. The molecule has 0 amide bonds. The van der Waals surface area contributed by atoms with Crippen LogP contribution in [0.15, 0.2) is 0 Å². The van der Waals surface area contributed by atoms with Crippen LogP contribution >= 0.6 is 0 Å². The van der Waals surface area contributed by atoms with Crippen molar-refractivity contribution in [2.75, 3.05) is 27.2 Å². The van der Waals surface area contributed by atoms with Crippen molar-refractivity contribution >= 4 is 0 Å². The van der Waals surface area contributed by atoms with E-state index < -0.39 is 0 Å². The van der Waals surface area contributed by atoms with Crippen molar-refractivity contribution in [1.29, 1.82) is 0 Å². The zero-order valence-electron chi connectivity index (χ0n) is 11.0. The molecule has 16 heavy (non-hydrogen) atoms. The van der Waals surface area contributed by atoms with Crippen molar-refractivity contribution in [3.8, 4) is 0 Å². The van der Waals surface area contributed by atoms with E-state index in [1.807, 2.05) is 27.7 Å². The SMILES string of the molecule is C.C.CC.CC.CN.CN1CC2CC(C2)C1. The maximum Gasteiger partial charge on any atom is 0.000694 e. The minimum Gasteiger partial charge on any atom is -0.333 e. The van der Waals surface area contributed by atoms with Crippen molar-refractivity contribution in [3.63, 3.8) is 0 Å². The monoisotopic (exact) mass is 234 g/mol. The summed E-state index contributed by atoms with van der Waals surface area (Å²) in [6.07, 6.45) is 3.06. The van der Waals surface area contributed by atoms with Gasteiger partial charge in [0.2, 0.25) is 0 Å². The van der Waals surface area contributed by atoms with Crippen LogP contribution in [0.2, 0.25) is 0 Å². The van der Waals surface area contributed by atoms with Crippen LogP contribution in [0, 0.1) is 11.8 Å². The van der Waals surface area contributed by atoms with E-state index in [-0.39, 0.29) is 14.9 Å². The molecule has 0 aromatic heterocycles. The molecular weight excluding hydrogens is 196 g/mol. The highest BCUT2D eigenvalue weighted by Crippen LogP contribution is 2.38. The maximum atomic E-state index is 4.50. The first kappa shape index (κ1) is 24.9. The van der Waals surface area contributed by atoms with E-state index in [1.54, 1.807) is 0 Å². The van der Waals surface area contributed by atoms with E-state index in [0.29, 0.717) is 0 Å². The average Bonchev–Trinajstić information content (AvgIpc) is 2.25. The van der Waals surface area contributed by atoms with Crippen LogP contribution in [-0.2, 0) is 0 Å². The molecule has 3 aliphatic rings. The Morgan fingerprint density at radius 2 is 1.06 bits per heavy atom. The predicted molar refractivity (Wildman–Crippen MR) is 80.0 cm³/mol. The van der Waals surface area contributed by atoms with E-state index in [1.165, 1.54) is 33.0 Å². The van der Waals surface area contributed by atoms with Gasteiger partial charge in [-0.25, -0.2) is 0 Å². The van der Waals surface area contributed by atoms with Crippen LogP contribution in [0.3, 0.4) is 0 Å². The number of rotatable bonds is 0. The van der Waals surface area contributed by atoms with E-state index in [2.05, 4.69) is 17.7 Å². The number of hydrogen-bond donors (Lipinski definition) is 1. The van der Waals surface area contributed by atoms with Gasteiger partial charge in [0.05, 0.1) is 0 Å². The molecule has 2 saturated heterocycles. The van der Waals surface area contributed by atoms with Crippen molar-refractivity contribution < 1.29 is 0 Å². The lowest BCUT2D eigenvalue weighted by molar-refractivity contribution is 0.0443. The number of nitrogens with two attached hydrogens (primary N) is 1. The molecular formula is C14H38N2. The van der Waals surface area contributed by atoms with Gasteiger partial charge in [-0.05, 0) is 38.8 Å². The molecule has 2 heterocycles. The topological polar surface area (TPSA) is 29.3 Å². The quantitative estimate of drug-likeness (QED) is 0.689. The molecule has 1 aliphatic carbocycles. The van der Waals surface area contributed by atoms with Gasteiger partial charge < -0.3 is 10.6 Å². The lowest BCUT2D eigenvalue weighted by Crippen LogP contribution is -2.46. The number of fused-ring (bicyclic) bond motifs is 2. The zero-order chi connectivity index (χ0) is 11.6. The van der Waals surface area contributed by atoms with Crippen molar-refractivity contribution in [2.45, 2.75) is 55.4 Å². The van der Waals surface area contributed by atoms with Gasteiger partial charge in [-0.15, -0.1) is 0 Å². The summed E-state index contributed by atoms with van der Waals surface area (Å²) in [7, 11) is 3.73. The molecule has 2 heteroatoms. The summed E-state index contributed by atoms with van der Waals surface area (Å²) in [5.41, 5.74) is 4.50. The molecule has 0 unspecified atom stereocenters. The van der Waals surface area contributed by atoms with Crippen LogP contribution in [0.5, 0.6) is 0 Å². The summed E-state index contributed by atoms with van der Waals surface area (Å²) in [5.74, 6) is 2.16. The molecule has 3 fully saturated rings. The van der Waals surface area contributed by atoms with Crippen LogP contribution in [0.25, 0.3) is 0 Å². The first-order valence-corrected chi connectivity index (χ1v) is 6.11. The van der Waals surface area contributed by atoms with Gasteiger partial charge in [0.1, 0.15) is 0 Å². The molecule has 0 spiro atoms. The summed E-state index contributed by atoms with van der Waals surface area (Å²) in [4.78, 5) is 2.46. The first-order chi connectivity index (χ1) is 6.84. The lowest BCUT2D eigenvalue weighted by atomic mass is 9.71. The highest BCUT2D eigenvalue weighted by Gasteiger charge is 2.35. The summed E-state index contributed by atoms with van der Waals surface area (Å²) in [5, 5.41) is 0. The van der Waals surface area contributed by atoms with Gasteiger partial charge in [-0.2, -0.15) is 0 Å². The highest BCUT2D eigenvalue weighted by atomic mass is 15.1. The standard InChI is InChI=1S/C7H13N.2C2H6.CH5N.2CH4/c1-8-4-6-2-7(3-6)5-8;3*1-2;;/h6-7H,2-5H2,1H3;2*1-2H3;2H2,1H3;2*1H4. The van der Waals surface area contributed by atoms with Gasteiger partial charge in [-0.1, -0.05) is 42.5 Å². The fourth-order valence-corrected chi connectivity index (χ4v) is 2.13. The van der Waals surface area contributed by atoms with E-state index in [9.17, 15) is 0 Å². The fraction of sp³-hybridized carbons (Fsp3) is 1.00. The third-order valence-corrected chi connectivity index (χ3v) is 2.47. The van der Waals surface area contributed by atoms with Crippen LogP contribution < -0.4 is 5.73 Å². The molecule has 1 saturated carbocycles. The molecule has 3 rings (SSSR count). The summed E-state index contributed by atoms with van der Waals surface area (Å²) in [6, 6.07) is 0. The minimum absolute atomic E-state index is 0. The molecule has 0 aromatic rings. The Hall–Kier alpha value is -0.0800. The Bertz CT molecular complexity index is 88.9. The third-order valence-electron chi connectivity index (χ3n) is 2.47. The summed E-state index contributed by atoms with van der Waals surface area (Å²) in [6.45, 7) is 10.7. The first-order valence-electron chi connectivity index (χ1n) is 6.11. The molecule has 0 atom stereocenters. The van der Waals surface area contributed by atoms with Crippen molar-refractivity contribution in [3.05, 3.63) is 0 Å². The zero-order valence-corrected chi connectivity index (χ0v) is 11.0. The molecule has 2 N–H and O–H groups in total. The van der Waals surface area contributed by atoms with E-state index in [4.69, 9.17) is 0 Å². The Balaban J connectivity index is -0.0000000804.